The number of carboxylic acid groups (broad SMARTS) is 1. The molecular formula is C15H25N3O5S2. The molecule has 1 aliphatic rings. The zero-order chi connectivity index (χ0) is 18.5. The van der Waals surface area contributed by atoms with E-state index in [9.17, 15) is 19.4 Å². The fourth-order valence-electron chi connectivity index (χ4n) is 3.10. The second-order valence-electron chi connectivity index (χ2n) is 6.15. The molecule has 0 aliphatic carbocycles. The molecule has 25 heavy (non-hydrogen) atoms. The van der Waals surface area contributed by atoms with Crippen molar-refractivity contribution in [2.24, 2.45) is 9.16 Å². The minimum absolute atomic E-state index is 0.00318. The predicted octanol–water partition coefficient (Wildman–Crippen LogP) is 3.64. The molecule has 2 unspecified atom stereocenters. The van der Waals surface area contributed by atoms with E-state index >= 15 is 0 Å². The smallest absolute Gasteiger partial charge is 0.317 e. The molecule has 1 saturated heterocycles. The highest BCUT2D eigenvalue weighted by Gasteiger charge is 2.27. The number of carbonyl (C=O) groups is 2. The average molecular weight is 392 g/mol. The van der Waals surface area contributed by atoms with E-state index in [1.54, 1.807) is 0 Å². The van der Waals surface area contributed by atoms with Crippen LogP contribution < -0.4 is 0 Å². The molecule has 0 spiro atoms. The maximum Gasteiger partial charge on any atom is 0.317 e. The molecule has 0 aromatic carbocycles. The third kappa shape index (κ3) is 9.91. The SMILES string of the molecule is O=NSCCC(CCCCC(=O)CC1CCCN1CC(=O)O)SN=O. The zero-order valence-electron chi connectivity index (χ0n) is 14.2. The first-order valence-corrected chi connectivity index (χ1v) is 10.2. The van der Waals surface area contributed by atoms with Gasteiger partial charge in [-0.05, 0) is 38.6 Å². The molecule has 8 nitrogen and oxygen atoms in total. The average Bonchev–Trinajstić information content (AvgIpc) is 2.97. The molecule has 0 aromatic heterocycles. The second kappa shape index (κ2) is 13.2. The number of carboxylic acids is 1. The van der Waals surface area contributed by atoms with Crippen molar-refractivity contribution in [1.82, 2.24) is 4.90 Å². The first-order chi connectivity index (χ1) is 12.1. The number of nitrogens with zero attached hydrogens (tertiary/aromatic N) is 3. The molecule has 1 heterocycles. The van der Waals surface area contributed by atoms with Crippen molar-refractivity contribution in [2.75, 3.05) is 18.8 Å². The lowest BCUT2D eigenvalue weighted by molar-refractivity contribution is -0.139. The fraction of sp³-hybridized carbons (Fsp3) is 0.867. The van der Waals surface area contributed by atoms with Gasteiger partial charge in [-0.15, -0.1) is 9.81 Å². The Bertz CT molecular complexity index is 453. The largest absolute Gasteiger partial charge is 0.480 e. The van der Waals surface area contributed by atoms with Crippen molar-refractivity contribution >= 4 is 35.6 Å². The monoisotopic (exact) mass is 391 g/mol. The van der Waals surface area contributed by atoms with Crippen LogP contribution in [0.5, 0.6) is 0 Å². The standard InChI is InChI=1S/C15H25N3O5S2/c19-13(10-12-4-3-8-18(12)11-15(20)21)5-1-2-6-14(25-17-23)7-9-24-16-22/h12,14H,1-11H2,(H,20,21). The van der Waals surface area contributed by atoms with Crippen LogP contribution in [0.3, 0.4) is 0 Å². The lowest BCUT2D eigenvalue weighted by atomic mass is 10.0. The van der Waals surface area contributed by atoms with Crippen molar-refractivity contribution in [3.05, 3.63) is 9.81 Å². The highest BCUT2D eigenvalue weighted by molar-refractivity contribution is 7.99. The Morgan fingerprint density at radius 2 is 2.00 bits per heavy atom. The number of likely N-dealkylation sites (tertiary alicyclic amines) is 1. The normalized spacial score (nSPS) is 18.8. The van der Waals surface area contributed by atoms with E-state index in [0.717, 1.165) is 62.5 Å². The Morgan fingerprint density at radius 1 is 1.20 bits per heavy atom. The van der Waals surface area contributed by atoms with Gasteiger partial charge in [0.25, 0.3) is 0 Å². The summed E-state index contributed by atoms with van der Waals surface area (Å²) in [7, 11) is 0. The first kappa shape index (κ1) is 22.0. The highest BCUT2D eigenvalue weighted by atomic mass is 32.2. The van der Waals surface area contributed by atoms with Crippen LogP contribution in [0.1, 0.15) is 51.4 Å². The molecule has 10 heteroatoms. The van der Waals surface area contributed by atoms with Crippen LogP contribution in [0, 0.1) is 9.81 Å². The number of hydrogen-bond donors (Lipinski definition) is 1. The highest BCUT2D eigenvalue weighted by Crippen LogP contribution is 2.25. The molecule has 1 rings (SSSR count). The summed E-state index contributed by atoms with van der Waals surface area (Å²) >= 11 is 1.92. The summed E-state index contributed by atoms with van der Waals surface area (Å²) in [5.74, 6) is -0.119. The summed E-state index contributed by atoms with van der Waals surface area (Å²) in [6, 6.07) is 0.0547. The summed E-state index contributed by atoms with van der Waals surface area (Å²) in [6.45, 7) is 0.749. The molecule has 1 fully saturated rings. The van der Waals surface area contributed by atoms with Crippen molar-refractivity contribution < 1.29 is 14.7 Å². The third-order valence-corrected chi connectivity index (χ3v) is 5.69. The molecule has 0 amide bonds. The van der Waals surface area contributed by atoms with E-state index in [1.165, 1.54) is 0 Å². The molecule has 0 bridgehead atoms. The number of rotatable bonds is 15. The number of carbonyl (C=O) groups excluding carboxylic acids is 1. The molecule has 0 saturated carbocycles. The third-order valence-electron chi connectivity index (χ3n) is 4.31. The van der Waals surface area contributed by atoms with Crippen molar-refractivity contribution in [1.29, 1.82) is 0 Å². The van der Waals surface area contributed by atoms with Crippen molar-refractivity contribution in [2.45, 2.75) is 62.7 Å². The van der Waals surface area contributed by atoms with Crippen molar-refractivity contribution in [3.63, 3.8) is 0 Å². The summed E-state index contributed by atoms with van der Waals surface area (Å²) < 4.78 is 5.58. The minimum atomic E-state index is -0.852. The molecular weight excluding hydrogens is 366 g/mol. The summed E-state index contributed by atoms with van der Waals surface area (Å²) in [6.07, 6.45) is 5.75. The molecule has 0 aromatic rings. The Morgan fingerprint density at radius 3 is 2.68 bits per heavy atom. The second-order valence-corrected chi connectivity index (χ2v) is 7.99. The quantitative estimate of drug-likeness (QED) is 0.255. The molecule has 1 N–H and O–H groups in total. The number of nitroso groups, excluding NO2 is 2. The lowest BCUT2D eigenvalue weighted by Crippen LogP contribution is -2.35. The van der Waals surface area contributed by atoms with Gasteiger partial charge in [0, 0.05) is 62.9 Å². The van der Waals surface area contributed by atoms with Crippen LogP contribution >= 0.6 is 23.9 Å². The van der Waals surface area contributed by atoms with Gasteiger partial charge in [-0.25, -0.2) is 0 Å². The van der Waals surface area contributed by atoms with Crippen LogP contribution in [0.25, 0.3) is 0 Å². The van der Waals surface area contributed by atoms with Crippen LogP contribution in [-0.4, -0.2) is 51.9 Å². The maximum atomic E-state index is 12.1. The zero-order valence-corrected chi connectivity index (χ0v) is 15.8. The van der Waals surface area contributed by atoms with E-state index < -0.39 is 5.97 Å². The van der Waals surface area contributed by atoms with Gasteiger partial charge in [0.05, 0.1) is 6.54 Å². The van der Waals surface area contributed by atoms with Crippen LogP contribution in [0.4, 0.5) is 0 Å². The number of ketones is 1. The fourth-order valence-corrected chi connectivity index (χ4v) is 4.33. The first-order valence-electron chi connectivity index (χ1n) is 8.47. The van der Waals surface area contributed by atoms with Gasteiger partial charge in [-0.3, -0.25) is 14.5 Å². The maximum absolute atomic E-state index is 12.1. The number of Topliss-reactive ketones (excluding diaryl/α,β-unsaturated/α-hetero) is 1. The van der Waals surface area contributed by atoms with E-state index in [4.69, 9.17) is 5.11 Å². The Labute approximate surface area is 156 Å². The lowest BCUT2D eigenvalue weighted by Gasteiger charge is -2.21. The van der Waals surface area contributed by atoms with Gasteiger partial charge in [-0.2, -0.15) is 0 Å². The molecule has 0 radical (unpaired) electrons. The predicted molar refractivity (Wildman–Crippen MR) is 100 cm³/mol. The molecule has 1 aliphatic heterocycles. The van der Waals surface area contributed by atoms with E-state index in [2.05, 4.69) is 9.16 Å². The Kier molecular flexibility index (Phi) is 11.7. The van der Waals surface area contributed by atoms with E-state index in [-0.39, 0.29) is 23.6 Å². The number of aliphatic carboxylic acids is 1. The minimum Gasteiger partial charge on any atom is -0.480 e. The van der Waals surface area contributed by atoms with Gasteiger partial charge in [0.2, 0.25) is 0 Å². The van der Waals surface area contributed by atoms with Gasteiger partial charge in [-0.1, -0.05) is 6.42 Å². The Balaban J connectivity index is 2.21. The van der Waals surface area contributed by atoms with Crippen molar-refractivity contribution in [3.8, 4) is 0 Å². The Hall–Kier alpha value is -1.00. The topological polar surface area (TPSA) is 116 Å². The van der Waals surface area contributed by atoms with E-state index in [1.807, 2.05) is 4.90 Å². The van der Waals surface area contributed by atoms with Gasteiger partial charge < -0.3 is 5.11 Å². The van der Waals surface area contributed by atoms with Gasteiger partial charge >= 0.3 is 5.97 Å². The summed E-state index contributed by atoms with van der Waals surface area (Å²) in [5.41, 5.74) is 0. The number of hydrogen-bond acceptors (Lipinski definition) is 9. The molecule has 142 valence electrons. The molecule has 2 atom stereocenters. The van der Waals surface area contributed by atoms with Crippen LogP contribution in [-0.2, 0) is 9.59 Å². The van der Waals surface area contributed by atoms with Gasteiger partial charge in [0.15, 0.2) is 0 Å². The van der Waals surface area contributed by atoms with E-state index in [0.29, 0.717) is 25.0 Å². The summed E-state index contributed by atoms with van der Waals surface area (Å²) in [4.78, 5) is 45.3. The number of unbranched alkanes of at least 4 members (excludes halogenated alkanes) is 1. The van der Waals surface area contributed by atoms with Crippen LogP contribution in [0.2, 0.25) is 0 Å². The van der Waals surface area contributed by atoms with Gasteiger partial charge in [0.1, 0.15) is 5.78 Å². The van der Waals surface area contributed by atoms with Crippen LogP contribution in [0.15, 0.2) is 9.16 Å². The summed E-state index contributed by atoms with van der Waals surface area (Å²) in [5, 5.41) is 8.95.